The van der Waals surface area contributed by atoms with E-state index in [2.05, 4.69) is 32.2 Å². The third kappa shape index (κ3) is 4.96. The molecule has 2 aromatic carbocycles. The quantitative estimate of drug-likeness (QED) is 0.624. The zero-order valence-corrected chi connectivity index (χ0v) is 13.2. The molecule has 0 N–H and O–H groups in total. The fourth-order valence-corrected chi connectivity index (χ4v) is 1.93. The highest BCUT2D eigenvalue weighted by Gasteiger charge is 2.05. The lowest BCUT2D eigenvalue weighted by Crippen LogP contribution is -1.95. The number of ether oxygens (including phenoxy) is 1. The van der Waals surface area contributed by atoms with Gasteiger partial charge in [-0.2, -0.15) is 0 Å². The molecule has 0 aromatic heterocycles. The minimum absolute atomic E-state index is 0.532. The Balaban J connectivity index is 0.00000106. The Morgan fingerprint density at radius 1 is 1.10 bits per heavy atom. The fraction of sp³-hybridized carbons (Fsp3) is 0.200. The Labute approximate surface area is 128 Å². The standard InChI is InChI=1S/C18H18O.C2H6/c1-4-17-12-14(2)10-11-18(17)15(3)19-13-16-8-6-5-7-9-16;1-2/h4-12H,1,3,13H2,2H3;1-2H3. The minimum Gasteiger partial charge on any atom is -0.489 e. The Hall–Kier alpha value is -2.28. The lowest BCUT2D eigenvalue weighted by molar-refractivity contribution is 0.265. The van der Waals surface area contributed by atoms with E-state index in [-0.39, 0.29) is 0 Å². The molecule has 2 aromatic rings. The predicted octanol–water partition coefficient (Wildman–Crippen LogP) is 5.85. The third-order valence-electron chi connectivity index (χ3n) is 2.98. The molecule has 0 heterocycles. The summed E-state index contributed by atoms with van der Waals surface area (Å²) in [6, 6.07) is 16.2. The van der Waals surface area contributed by atoms with Crippen LogP contribution in [0.25, 0.3) is 11.8 Å². The Morgan fingerprint density at radius 2 is 1.76 bits per heavy atom. The molecule has 0 aliphatic carbocycles. The second-order valence-electron chi connectivity index (χ2n) is 4.49. The molecule has 0 atom stereocenters. The molecule has 110 valence electrons. The first kappa shape index (κ1) is 16.8. The van der Waals surface area contributed by atoms with E-state index >= 15 is 0 Å². The van der Waals surface area contributed by atoms with Crippen LogP contribution in [0.15, 0.2) is 61.7 Å². The summed E-state index contributed by atoms with van der Waals surface area (Å²) in [5, 5.41) is 0. The van der Waals surface area contributed by atoms with Crippen LogP contribution in [0.1, 0.15) is 36.1 Å². The first-order chi connectivity index (χ1) is 10.2. The number of rotatable bonds is 5. The summed E-state index contributed by atoms with van der Waals surface area (Å²) in [7, 11) is 0. The smallest absolute Gasteiger partial charge is 0.120 e. The molecule has 21 heavy (non-hydrogen) atoms. The maximum absolute atomic E-state index is 5.75. The molecule has 0 aliphatic heterocycles. The topological polar surface area (TPSA) is 9.23 Å². The molecule has 0 saturated heterocycles. The third-order valence-corrected chi connectivity index (χ3v) is 2.98. The largest absolute Gasteiger partial charge is 0.489 e. The summed E-state index contributed by atoms with van der Waals surface area (Å²) in [5.41, 5.74) is 4.39. The average Bonchev–Trinajstić information content (AvgIpc) is 2.55. The van der Waals surface area contributed by atoms with Gasteiger partial charge in [-0.25, -0.2) is 0 Å². The van der Waals surface area contributed by atoms with Gasteiger partial charge in [-0.05, 0) is 18.1 Å². The van der Waals surface area contributed by atoms with Crippen molar-refractivity contribution >= 4 is 11.8 Å². The van der Waals surface area contributed by atoms with Crippen molar-refractivity contribution in [2.24, 2.45) is 0 Å². The van der Waals surface area contributed by atoms with E-state index in [1.165, 1.54) is 5.56 Å². The second kappa shape index (κ2) is 8.80. The van der Waals surface area contributed by atoms with Crippen LogP contribution in [-0.2, 0) is 11.3 Å². The van der Waals surface area contributed by atoms with Crippen LogP contribution in [0, 0.1) is 6.92 Å². The van der Waals surface area contributed by atoms with Crippen molar-refractivity contribution < 1.29 is 4.74 Å². The van der Waals surface area contributed by atoms with Crippen molar-refractivity contribution in [1.82, 2.24) is 0 Å². The van der Waals surface area contributed by atoms with Gasteiger partial charge in [0.25, 0.3) is 0 Å². The maximum Gasteiger partial charge on any atom is 0.120 e. The summed E-state index contributed by atoms with van der Waals surface area (Å²) in [4.78, 5) is 0. The van der Waals surface area contributed by atoms with Crippen molar-refractivity contribution in [2.75, 3.05) is 0 Å². The molecule has 0 aliphatic rings. The minimum atomic E-state index is 0.532. The summed E-state index contributed by atoms with van der Waals surface area (Å²) in [6.07, 6.45) is 1.83. The summed E-state index contributed by atoms with van der Waals surface area (Å²) < 4.78 is 5.75. The maximum atomic E-state index is 5.75. The highest BCUT2D eigenvalue weighted by molar-refractivity contribution is 5.69. The molecule has 0 bridgehead atoms. The van der Waals surface area contributed by atoms with Gasteiger partial charge in [0.15, 0.2) is 0 Å². The molecular weight excluding hydrogens is 256 g/mol. The van der Waals surface area contributed by atoms with Gasteiger partial charge in [0.2, 0.25) is 0 Å². The van der Waals surface area contributed by atoms with Crippen LogP contribution in [0.4, 0.5) is 0 Å². The molecule has 1 heteroatoms. The number of benzene rings is 2. The number of aryl methyl sites for hydroxylation is 1. The lowest BCUT2D eigenvalue weighted by atomic mass is 10.0. The van der Waals surface area contributed by atoms with E-state index in [1.807, 2.05) is 56.3 Å². The van der Waals surface area contributed by atoms with Gasteiger partial charge in [0.05, 0.1) is 0 Å². The van der Waals surface area contributed by atoms with Crippen molar-refractivity contribution in [3.05, 3.63) is 83.9 Å². The predicted molar refractivity (Wildman–Crippen MR) is 92.9 cm³/mol. The molecule has 2 rings (SSSR count). The second-order valence-corrected chi connectivity index (χ2v) is 4.49. The van der Waals surface area contributed by atoms with Crippen LogP contribution < -0.4 is 0 Å². The first-order valence-corrected chi connectivity index (χ1v) is 7.30. The molecule has 0 unspecified atom stereocenters. The van der Waals surface area contributed by atoms with Crippen molar-refractivity contribution in [3.8, 4) is 0 Å². The summed E-state index contributed by atoms with van der Waals surface area (Å²) in [6.45, 7) is 14.4. The van der Waals surface area contributed by atoms with Crippen LogP contribution in [0.2, 0.25) is 0 Å². The van der Waals surface area contributed by atoms with E-state index in [9.17, 15) is 0 Å². The Kier molecular flexibility index (Phi) is 7.03. The van der Waals surface area contributed by atoms with Crippen molar-refractivity contribution in [3.63, 3.8) is 0 Å². The van der Waals surface area contributed by atoms with Crippen LogP contribution in [-0.4, -0.2) is 0 Å². The molecule has 0 fully saturated rings. The van der Waals surface area contributed by atoms with Gasteiger partial charge in [-0.3, -0.25) is 0 Å². The van der Waals surface area contributed by atoms with E-state index in [0.29, 0.717) is 12.4 Å². The normalized spacial score (nSPS) is 9.29. The van der Waals surface area contributed by atoms with Crippen LogP contribution >= 0.6 is 0 Å². The molecule has 0 amide bonds. The lowest BCUT2D eigenvalue weighted by Gasteiger charge is -2.12. The SMILES string of the molecule is C=Cc1cc(C)ccc1C(=C)OCc1ccccc1.CC. The number of hydrogen-bond donors (Lipinski definition) is 0. The zero-order valence-electron chi connectivity index (χ0n) is 13.2. The molecule has 0 spiro atoms. The molecule has 1 nitrogen and oxygen atoms in total. The Bertz CT molecular complexity index is 582. The van der Waals surface area contributed by atoms with Gasteiger partial charge in [-0.1, -0.05) is 87.2 Å². The van der Waals surface area contributed by atoms with Crippen LogP contribution in [0.5, 0.6) is 0 Å². The first-order valence-electron chi connectivity index (χ1n) is 7.30. The van der Waals surface area contributed by atoms with Crippen LogP contribution in [0.3, 0.4) is 0 Å². The molecule has 0 radical (unpaired) electrons. The summed E-state index contributed by atoms with van der Waals surface area (Å²) >= 11 is 0. The van der Waals surface area contributed by atoms with E-state index in [4.69, 9.17) is 4.74 Å². The van der Waals surface area contributed by atoms with Gasteiger partial charge in [0.1, 0.15) is 12.4 Å². The monoisotopic (exact) mass is 280 g/mol. The summed E-state index contributed by atoms with van der Waals surface area (Å²) in [5.74, 6) is 0.679. The van der Waals surface area contributed by atoms with E-state index in [1.54, 1.807) is 0 Å². The average molecular weight is 280 g/mol. The van der Waals surface area contributed by atoms with Gasteiger partial charge < -0.3 is 4.74 Å². The van der Waals surface area contributed by atoms with Crippen molar-refractivity contribution in [1.29, 1.82) is 0 Å². The van der Waals surface area contributed by atoms with Crippen molar-refractivity contribution in [2.45, 2.75) is 27.4 Å². The number of hydrogen-bond acceptors (Lipinski definition) is 1. The highest BCUT2D eigenvalue weighted by atomic mass is 16.5. The molecular formula is C20H24O. The van der Waals surface area contributed by atoms with Gasteiger partial charge >= 0.3 is 0 Å². The van der Waals surface area contributed by atoms with Gasteiger partial charge in [0, 0.05) is 5.56 Å². The van der Waals surface area contributed by atoms with E-state index < -0.39 is 0 Å². The van der Waals surface area contributed by atoms with E-state index in [0.717, 1.165) is 16.7 Å². The fourth-order valence-electron chi connectivity index (χ4n) is 1.93. The van der Waals surface area contributed by atoms with Gasteiger partial charge in [-0.15, -0.1) is 0 Å². The Morgan fingerprint density at radius 3 is 2.38 bits per heavy atom. The highest BCUT2D eigenvalue weighted by Crippen LogP contribution is 2.22. The molecule has 0 saturated carbocycles. The zero-order chi connectivity index (χ0) is 15.7.